The van der Waals surface area contributed by atoms with Gasteiger partial charge in [-0.2, -0.15) is 0 Å². The summed E-state index contributed by atoms with van der Waals surface area (Å²) in [5.41, 5.74) is 2.40. The van der Waals surface area contributed by atoms with E-state index in [0.717, 1.165) is 16.7 Å². The molecule has 1 heterocycles. The molecule has 2 aromatic rings. The maximum Gasteiger partial charge on any atom is 0.265 e. The van der Waals surface area contributed by atoms with Crippen LogP contribution in [0.25, 0.3) is 0 Å². The molecule has 1 aliphatic rings. The summed E-state index contributed by atoms with van der Waals surface area (Å²) in [7, 11) is 0. The first-order chi connectivity index (χ1) is 12.3. The van der Waals surface area contributed by atoms with Crippen molar-refractivity contribution in [3.63, 3.8) is 0 Å². The maximum atomic E-state index is 13.0. The van der Waals surface area contributed by atoms with E-state index in [2.05, 4.69) is 5.92 Å². The Morgan fingerprint density at radius 2 is 1.81 bits per heavy atom. The first kappa shape index (κ1) is 17.9. The van der Waals surface area contributed by atoms with E-state index >= 15 is 0 Å². The molecular weight excluding hydrogens is 326 g/mol. The van der Waals surface area contributed by atoms with E-state index in [0.29, 0.717) is 16.8 Å². The molecule has 1 N–H and O–H groups in total. The third-order valence-corrected chi connectivity index (χ3v) is 4.86. The van der Waals surface area contributed by atoms with E-state index < -0.39 is 11.5 Å². The number of nitrogens with zero attached hydrogens (tertiary/aromatic N) is 1. The number of para-hydroxylation sites is 1. The zero-order valence-electron chi connectivity index (χ0n) is 15.2. The number of amides is 1. The van der Waals surface area contributed by atoms with Crippen molar-refractivity contribution < 1.29 is 14.7 Å². The predicted octanol–water partition coefficient (Wildman–Crippen LogP) is 3.05. The van der Waals surface area contributed by atoms with Crippen LogP contribution in [0, 0.1) is 33.1 Å². The topological polar surface area (TPSA) is 57.6 Å². The van der Waals surface area contributed by atoms with Crippen LogP contribution in [0.2, 0.25) is 0 Å². The van der Waals surface area contributed by atoms with Crippen LogP contribution in [-0.2, 0) is 10.4 Å². The molecule has 3 rings (SSSR count). The highest BCUT2D eigenvalue weighted by Crippen LogP contribution is 2.42. The molecule has 0 aliphatic carbocycles. The van der Waals surface area contributed by atoms with Gasteiger partial charge in [0.1, 0.15) is 0 Å². The average Bonchev–Trinajstić information content (AvgIpc) is 2.77. The molecule has 26 heavy (non-hydrogen) atoms. The molecular formula is C22H21NO3. The number of terminal acetylenes is 1. The summed E-state index contributed by atoms with van der Waals surface area (Å²) in [6.45, 7) is 5.75. The lowest BCUT2D eigenvalue weighted by molar-refractivity contribution is -0.135. The number of ketones is 1. The second kappa shape index (κ2) is 6.44. The molecule has 0 saturated heterocycles. The third kappa shape index (κ3) is 2.71. The zero-order chi connectivity index (χ0) is 19.1. The fraction of sp³-hybridized carbons (Fsp3) is 0.273. The Hall–Kier alpha value is -2.90. The van der Waals surface area contributed by atoms with Gasteiger partial charge in [-0.05, 0) is 38.0 Å². The van der Waals surface area contributed by atoms with Crippen molar-refractivity contribution in [1.82, 2.24) is 0 Å². The second-order valence-corrected chi connectivity index (χ2v) is 6.85. The normalized spacial score (nSPS) is 18.6. The summed E-state index contributed by atoms with van der Waals surface area (Å²) in [5, 5.41) is 11.2. The lowest BCUT2D eigenvalue weighted by Crippen LogP contribution is -2.42. The number of rotatable bonds is 4. The molecule has 0 unspecified atom stereocenters. The summed E-state index contributed by atoms with van der Waals surface area (Å²) in [4.78, 5) is 27.3. The summed E-state index contributed by atoms with van der Waals surface area (Å²) in [6, 6.07) is 10.8. The minimum Gasteiger partial charge on any atom is -0.375 e. The summed E-state index contributed by atoms with van der Waals surface area (Å²) in [6.07, 6.45) is 5.06. The van der Waals surface area contributed by atoms with Gasteiger partial charge in [0, 0.05) is 11.1 Å². The molecule has 0 aromatic heterocycles. The largest absolute Gasteiger partial charge is 0.375 e. The van der Waals surface area contributed by atoms with Gasteiger partial charge >= 0.3 is 0 Å². The number of aliphatic hydroxyl groups is 1. The Morgan fingerprint density at radius 3 is 2.42 bits per heavy atom. The molecule has 1 atom stereocenters. The Kier molecular flexibility index (Phi) is 4.43. The first-order valence-electron chi connectivity index (χ1n) is 8.48. The Balaban J connectivity index is 2.03. The average molecular weight is 347 g/mol. The molecule has 4 heteroatoms. The monoisotopic (exact) mass is 347 g/mol. The molecule has 2 aromatic carbocycles. The number of carbonyl (C=O) groups excluding carboxylic acids is 2. The smallest absolute Gasteiger partial charge is 0.265 e. The van der Waals surface area contributed by atoms with Gasteiger partial charge in [0.05, 0.1) is 18.7 Å². The minimum absolute atomic E-state index is 0.0505. The zero-order valence-corrected chi connectivity index (χ0v) is 15.2. The molecule has 0 spiro atoms. The Labute approximate surface area is 153 Å². The number of benzene rings is 2. The first-order valence-corrected chi connectivity index (χ1v) is 8.48. The highest BCUT2D eigenvalue weighted by molar-refractivity contribution is 6.11. The summed E-state index contributed by atoms with van der Waals surface area (Å²) >= 11 is 0. The standard InChI is InChI=1S/C22H21NO3/c1-5-10-23-18-9-7-6-8-17(18)22(26,21(23)25)13-19(24)20-15(3)11-14(2)12-16(20)4/h1,6-9,11-12,26H,10,13H2,2-4H3/t22-/m0/s1. The molecule has 132 valence electrons. The Morgan fingerprint density at radius 1 is 1.19 bits per heavy atom. The lowest BCUT2D eigenvalue weighted by atomic mass is 9.85. The van der Waals surface area contributed by atoms with E-state index in [1.807, 2.05) is 32.9 Å². The molecule has 1 amide bonds. The van der Waals surface area contributed by atoms with Crippen LogP contribution < -0.4 is 4.90 Å². The third-order valence-electron chi connectivity index (χ3n) is 4.86. The van der Waals surface area contributed by atoms with Crippen molar-refractivity contribution in [2.75, 3.05) is 11.4 Å². The van der Waals surface area contributed by atoms with Crippen molar-refractivity contribution in [2.45, 2.75) is 32.8 Å². The van der Waals surface area contributed by atoms with Crippen molar-refractivity contribution in [2.24, 2.45) is 0 Å². The number of carbonyl (C=O) groups is 2. The van der Waals surface area contributed by atoms with Gasteiger partial charge in [0.2, 0.25) is 0 Å². The lowest BCUT2D eigenvalue weighted by Gasteiger charge is -2.22. The van der Waals surface area contributed by atoms with Crippen LogP contribution in [0.15, 0.2) is 36.4 Å². The number of aryl methyl sites for hydroxylation is 3. The van der Waals surface area contributed by atoms with Crippen LogP contribution in [0.4, 0.5) is 5.69 Å². The SMILES string of the molecule is C#CCN1C(=O)[C@](O)(CC(=O)c2c(C)cc(C)cc2C)c2ccccc21. The quantitative estimate of drug-likeness (QED) is 0.683. The molecule has 0 bridgehead atoms. The summed E-state index contributed by atoms with van der Waals surface area (Å²) < 4.78 is 0. The summed E-state index contributed by atoms with van der Waals surface area (Å²) in [5.74, 6) is 1.63. The number of Topliss-reactive ketones (excluding diaryl/α,β-unsaturated/α-hetero) is 1. The maximum absolute atomic E-state index is 13.0. The highest BCUT2D eigenvalue weighted by atomic mass is 16.3. The van der Waals surface area contributed by atoms with Crippen molar-refractivity contribution in [1.29, 1.82) is 0 Å². The van der Waals surface area contributed by atoms with Gasteiger partial charge in [-0.3, -0.25) is 14.5 Å². The van der Waals surface area contributed by atoms with Gasteiger partial charge in [-0.1, -0.05) is 41.8 Å². The van der Waals surface area contributed by atoms with Crippen molar-refractivity contribution in [3.8, 4) is 12.3 Å². The fourth-order valence-electron chi connectivity index (χ4n) is 3.87. The van der Waals surface area contributed by atoms with Gasteiger partial charge in [0.15, 0.2) is 11.4 Å². The van der Waals surface area contributed by atoms with Crippen molar-refractivity contribution in [3.05, 3.63) is 64.2 Å². The van der Waals surface area contributed by atoms with Crippen LogP contribution in [0.1, 0.15) is 39.0 Å². The van der Waals surface area contributed by atoms with Gasteiger partial charge in [-0.25, -0.2) is 0 Å². The molecule has 0 saturated carbocycles. The van der Waals surface area contributed by atoms with E-state index in [4.69, 9.17) is 6.42 Å². The second-order valence-electron chi connectivity index (χ2n) is 6.85. The molecule has 4 nitrogen and oxygen atoms in total. The van der Waals surface area contributed by atoms with Crippen LogP contribution in [0.3, 0.4) is 0 Å². The van der Waals surface area contributed by atoms with E-state index in [9.17, 15) is 14.7 Å². The molecule has 1 aliphatic heterocycles. The minimum atomic E-state index is -1.89. The number of hydrogen-bond donors (Lipinski definition) is 1. The van der Waals surface area contributed by atoms with E-state index in [-0.39, 0.29) is 18.7 Å². The van der Waals surface area contributed by atoms with Gasteiger partial charge in [0.25, 0.3) is 5.91 Å². The molecule has 0 radical (unpaired) electrons. The van der Waals surface area contributed by atoms with Crippen LogP contribution in [-0.4, -0.2) is 23.3 Å². The number of hydrogen-bond acceptors (Lipinski definition) is 3. The van der Waals surface area contributed by atoms with E-state index in [1.54, 1.807) is 24.3 Å². The highest BCUT2D eigenvalue weighted by Gasteiger charge is 2.50. The fourth-order valence-corrected chi connectivity index (χ4v) is 3.87. The van der Waals surface area contributed by atoms with Crippen molar-refractivity contribution >= 4 is 17.4 Å². The van der Waals surface area contributed by atoms with Crippen LogP contribution >= 0.6 is 0 Å². The molecule has 0 fully saturated rings. The van der Waals surface area contributed by atoms with E-state index in [1.165, 1.54) is 4.90 Å². The number of fused-ring (bicyclic) bond motifs is 1. The van der Waals surface area contributed by atoms with Gasteiger partial charge in [-0.15, -0.1) is 6.42 Å². The predicted molar refractivity (Wildman–Crippen MR) is 101 cm³/mol. The van der Waals surface area contributed by atoms with Crippen LogP contribution in [0.5, 0.6) is 0 Å². The Bertz CT molecular complexity index is 931. The number of anilines is 1. The van der Waals surface area contributed by atoms with Gasteiger partial charge < -0.3 is 5.11 Å².